The van der Waals surface area contributed by atoms with Gasteiger partial charge in [-0.25, -0.2) is 4.68 Å². The third-order valence-electron chi connectivity index (χ3n) is 2.81. The zero-order chi connectivity index (χ0) is 14.5. The topological polar surface area (TPSA) is 66.0 Å². The zero-order valence-corrected chi connectivity index (χ0v) is 13.5. The van der Waals surface area contributed by atoms with Crippen LogP contribution in [0.1, 0.15) is 19.0 Å². The third kappa shape index (κ3) is 3.64. The van der Waals surface area contributed by atoms with Crippen LogP contribution in [0, 0.1) is 0 Å². The molecule has 0 aliphatic rings. The second-order valence-corrected chi connectivity index (χ2v) is 5.61. The van der Waals surface area contributed by atoms with E-state index in [2.05, 4.69) is 33.2 Å². The first-order valence-corrected chi connectivity index (χ1v) is 7.54. The van der Waals surface area contributed by atoms with Gasteiger partial charge in [-0.1, -0.05) is 30.2 Å². The summed E-state index contributed by atoms with van der Waals surface area (Å²) < 4.78 is 8.33. The molecule has 0 bridgehead atoms. The summed E-state index contributed by atoms with van der Waals surface area (Å²) in [4.78, 5) is 0. The van der Waals surface area contributed by atoms with E-state index in [4.69, 9.17) is 22.1 Å². The van der Waals surface area contributed by atoms with Crippen LogP contribution < -0.4 is 10.5 Å². The van der Waals surface area contributed by atoms with E-state index >= 15 is 0 Å². The van der Waals surface area contributed by atoms with Crippen molar-refractivity contribution in [1.29, 1.82) is 0 Å². The molecule has 0 saturated heterocycles. The van der Waals surface area contributed by atoms with Gasteiger partial charge in [-0.15, -0.1) is 5.10 Å². The summed E-state index contributed by atoms with van der Waals surface area (Å²) >= 11 is 9.30. The molecule has 1 aromatic carbocycles. The monoisotopic (exact) mass is 358 g/mol. The van der Waals surface area contributed by atoms with Crippen LogP contribution >= 0.6 is 27.5 Å². The van der Waals surface area contributed by atoms with E-state index in [1.165, 1.54) is 0 Å². The third-order valence-corrected chi connectivity index (χ3v) is 3.66. The van der Waals surface area contributed by atoms with Crippen molar-refractivity contribution in [2.45, 2.75) is 26.3 Å². The zero-order valence-electron chi connectivity index (χ0n) is 11.1. The number of hydrogen-bond donors (Lipinski definition) is 1. The Labute approximate surface area is 131 Å². The second kappa shape index (κ2) is 6.95. The van der Waals surface area contributed by atoms with E-state index in [1.807, 2.05) is 6.07 Å². The van der Waals surface area contributed by atoms with Gasteiger partial charge in [0.15, 0.2) is 5.82 Å². The molecule has 2 rings (SSSR count). The summed E-state index contributed by atoms with van der Waals surface area (Å²) in [5.74, 6) is 1.25. The normalized spacial score (nSPS) is 10.8. The van der Waals surface area contributed by atoms with Crippen molar-refractivity contribution in [3.8, 4) is 5.75 Å². The summed E-state index contributed by atoms with van der Waals surface area (Å²) in [7, 11) is 0. The van der Waals surface area contributed by atoms with Crippen molar-refractivity contribution in [2.75, 3.05) is 12.3 Å². The lowest BCUT2D eigenvalue weighted by Crippen LogP contribution is -2.13. The van der Waals surface area contributed by atoms with Crippen LogP contribution in [0.15, 0.2) is 22.7 Å². The molecule has 108 valence electrons. The van der Waals surface area contributed by atoms with Crippen LogP contribution in [-0.4, -0.2) is 21.6 Å². The lowest BCUT2D eigenvalue weighted by atomic mass is 10.2. The average Bonchev–Trinajstić information content (AvgIpc) is 2.75. The number of aromatic nitrogens is 3. The van der Waals surface area contributed by atoms with Crippen molar-refractivity contribution >= 4 is 33.3 Å². The molecule has 1 heterocycles. The Kier molecular flexibility index (Phi) is 5.25. The first kappa shape index (κ1) is 15.1. The van der Waals surface area contributed by atoms with Gasteiger partial charge < -0.3 is 10.5 Å². The van der Waals surface area contributed by atoms with E-state index in [-0.39, 0.29) is 0 Å². The quantitative estimate of drug-likeness (QED) is 0.859. The average molecular weight is 360 g/mol. The standard InChI is InChI=1S/C13H16BrClN4O/c1-2-3-11-13(16)17-18-19(11)6-7-20-12-5-4-9(15)8-10(12)14/h4-5,8H,2-3,6-7,16H2,1H3. The fourth-order valence-electron chi connectivity index (χ4n) is 1.85. The molecule has 7 heteroatoms. The molecule has 0 spiro atoms. The minimum atomic E-state index is 0.486. The first-order chi connectivity index (χ1) is 9.61. The lowest BCUT2D eigenvalue weighted by Gasteiger charge is -2.10. The van der Waals surface area contributed by atoms with Crippen LogP contribution in [0.4, 0.5) is 5.82 Å². The van der Waals surface area contributed by atoms with Crippen LogP contribution in [0.2, 0.25) is 5.02 Å². The van der Waals surface area contributed by atoms with Gasteiger partial charge in [0, 0.05) is 5.02 Å². The minimum Gasteiger partial charge on any atom is -0.490 e. The number of nitrogens with zero attached hydrogens (tertiary/aromatic N) is 3. The van der Waals surface area contributed by atoms with Gasteiger partial charge in [-0.05, 0) is 40.5 Å². The number of halogens is 2. The maximum absolute atomic E-state index is 5.88. The maximum Gasteiger partial charge on any atom is 0.169 e. The number of nitrogens with two attached hydrogens (primary N) is 1. The van der Waals surface area contributed by atoms with Crippen molar-refractivity contribution in [3.63, 3.8) is 0 Å². The highest BCUT2D eigenvalue weighted by Gasteiger charge is 2.09. The Morgan fingerprint density at radius 2 is 2.25 bits per heavy atom. The van der Waals surface area contributed by atoms with E-state index in [1.54, 1.807) is 16.8 Å². The molecule has 0 aliphatic carbocycles. The molecule has 1 aromatic heterocycles. The van der Waals surface area contributed by atoms with E-state index < -0.39 is 0 Å². The number of anilines is 1. The second-order valence-electron chi connectivity index (χ2n) is 4.32. The summed E-state index contributed by atoms with van der Waals surface area (Å²) in [6.07, 6.45) is 1.87. The Morgan fingerprint density at radius 3 is 2.95 bits per heavy atom. The van der Waals surface area contributed by atoms with Gasteiger partial charge >= 0.3 is 0 Å². The van der Waals surface area contributed by atoms with Gasteiger partial charge in [0.1, 0.15) is 12.4 Å². The molecular weight excluding hydrogens is 344 g/mol. The van der Waals surface area contributed by atoms with Gasteiger partial charge in [-0.3, -0.25) is 0 Å². The number of hydrogen-bond acceptors (Lipinski definition) is 4. The fourth-order valence-corrected chi connectivity index (χ4v) is 2.65. The van der Waals surface area contributed by atoms with Gasteiger partial charge in [-0.2, -0.15) is 0 Å². The van der Waals surface area contributed by atoms with E-state index in [0.29, 0.717) is 24.0 Å². The summed E-state index contributed by atoms with van der Waals surface area (Å²) in [6.45, 7) is 3.19. The molecule has 20 heavy (non-hydrogen) atoms. The SMILES string of the molecule is CCCc1c(N)nnn1CCOc1ccc(Cl)cc1Br. The maximum atomic E-state index is 5.88. The van der Waals surface area contributed by atoms with Crippen LogP contribution in [0.3, 0.4) is 0 Å². The molecule has 0 saturated carbocycles. The molecule has 0 unspecified atom stereocenters. The van der Waals surface area contributed by atoms with Crippen molar-refractivity contribution in [3.05, 3.63) is 33.4 Å². The Balaban J connectivity index is 1.96. The predicted molar refractivity (Wildman–Crippen MR) is 83.1 cm³/mol. The molecular formula is C13H16BrClN4O. The molecule has 0 radical (unpaired) electrons. The largest absolute Gasteiger partial charge is 0.490 e. The molecule has 0 atom stereocenters. The molecule has 0 aliphatic heterocycles. The fraction of sp³-hybridized carbons (Fsp3) is 0.385. The number of nitrogen functional groups attached to an aromatic ring is 1. The number of rotatable bonds is 6. The molecule has 5 nitrogen and oxygen atoms in total. The Hall–Kier alpha value is -1.27. The molecule has 2 aromatic rings. The van der Waals surface area contributed by atoms with Crippen LogP contribution in [0.25, 0.3) is 0 Å². The van der Waals surface area contributed by atoms with Gasteiger partial charge in [0.05, 0.1) is 16.7 Å². The predicted octanol–water partition coefficient (Wildman–Crippen LogP) is 3.31. The molecule has 0 amide bonds. The molecule has 0 fully saturated rings. The summed E-state index contributed by atoms with van der Waals surface area (Å²) in [6, 6.07) is 5.42. The highest BCUT2D eigenvalue weighted by molar-refractivity contribution is 9.10. The number of benzene rings is 1. The lowest BCUT2D eigenvalue weighted by molar-refractivity contribution is 0.286. The smallest absolute Gasteiger partial charge is 0.169 e. The van der Waals surface area contributed by atoms with E-state index in [0.717, 1.165) is 28.8 Å². The highest BCUT2D eigenvalue weighted by Crippen LogP contribution is 2.27. The number of ether oxygens (including phenoxy) is 1. The summed E-state index contributed by atoms with van der Waals surface area (Å²) in [5.41, 5.74) is 6.76. The Morgan fingerprint density at radius 1 is 1.45 bits per heavy atom. The van der Waals surface area contributed by atoms with Crippen LogP contribution in [-0.2, 0) is 13.0 Å². The van der Waals surface area contributed by atoms with Gasteiger partial charge in [0.25, 0.3) is 0 Å². The molecule has 2 N–H and O–H groups in total. The first-order valence-electron chi connectivity index (χ1n) is 6.37. The van der Waals surface area contributed by atoms with Crippen molar-refractivity contribution in [2.24, 2.45) is 0 Å². The van der Waals surface area contributed by atoms with Crippen molar-refractivity contribution < 1.29 is 4.74 Å². The minimum absolute atomic E-state index is 0.486. The van der Waals surface area contributed by atoms with Crippen LogP contribution in [0.5, 0.6) is 5.75 Å². The summed E-state index contributed by atoms with van der Waals surface area (Å²) in [5, 5.41) is 8.59. The van der Waals surface area contributed by atoms with Gasteiger partial charge in [0.2, 0.25) is 0 Å². The van der Waals surface area contributed by atoms with E-state index in [9.17, 15) is 0 Å². The van der Waals surface area contributed by atoms with Crippen molar-refractivity contribution in [1.82, 2.24) is 15.0 Å². The highest BCUT2D eigenvalue weighted by atomic mass is 79.9. The Bertz CT molecular complexity index is 588.